The number of hydrogen-bond acceptors (Lipinski definition) is 8. The third-order valence-corrected chi connectivity index (χ3v) is 6.18. The second kappa shape index (κ2) is 9.41. The number of ether oxygens (including phenoxy) is 2. The van der Waals surface area contributed by atoms with Crippen molar-refractivity contribution in [2.45, 2.75) is 10.9 Å². The van der Waals surface area contributed by atoms with Gasteiger partial charge in [0.25, 0.3) is 5.69 Å². The number of nitro benzene ring substituents is 1. The van der Waals surface area contributed by atoms with Crippen LogP contribution in [0, 0.1) is 10.1 Å². The quantitative estimate of drug-likeness (QED) is 0.497. The maximum atomic E-state index is 11.8. The van der Waals surface area contributed by atoms with Crippen LogP contribution in [-0.2, 0) is 14.6 Å². The van der Waals surface area contributed by atoms with Crippen molar-refractivity contribution >= 4 is 21.2 Å². The predicted octanol–water partition coefficient (Wildman–Crippen LogP) is 2.49. The van der Waals surface area contributed by atoms with Crippen LogP contribution in [0.15, 0.2) is 47.4 Å². The van der Waals surface area contributed by atoms with Gasteiger partial charge in [0.05, 0.1) is 36.2 Å². The van der Waals surface area contributed by atoms with Crippen LogP contribution in [0.1, 0.15) is 11.6 Å². The summed E-state index contributed by atoms with van der Waals surface area (Å²) >= 11 is 0. The summed E-state index contributed by atoms with van der Waals surface area (Å²) in [6, 6.07) is 11.6. The number of benzene rings is 2. The van der Waals surface area contributed by atoms with Gasteiger partial charge in [0.1, 0.15) is 11.4 Å². The number of nitrogens with zero attached hydrogens (tertiary/aromatic N) is 2. The van der Waals surface area contributed by atoms with E-state index in [1.807, 2.05) is 24.3 Å². The molecule has 0 saturated carbocycles. The molecule has 0 aromatic heterocycles. The summed E-state index contributed by atoms with van der Waals surface area (Å²) in [6.45, 7) is 3.14. The van der Waals surface area contributed by atoms with Crippen LogP contribution in [0.4, 0.5) is 11.4 Å². The molecule has 162 valence electrons. The summed E-state index contributed by atoms with van der Waals surface area (Å²) in [7, 11) is -1.93. The summed E-state index contributed by atoms with van der Waals surface area (Å²) < 4.78 is 34.2. The van der Waals surface area contributed by atoms with Gasteiger partial charge in [0.15, 0.2) is 9.84 Å². The fraction of sp³-hybridized carbons (Fsp3) is 0.400. The van der Waals surface area contributed by atoms with Gasteiger partial charge in [0.2, 0.25) is 0 Å². The second-order valence-electron chi connectivity index (χ2n) is 7.03. The number of sulfone groups is 1. The van der Waals surface area contributed by atoms with Gasteiger partial charge >= 0.3 is 0 Å². The van der Waals surface area contributed by atoms with Crippen molar-refractivity contribution in [2.75, 3.05) is 51.5 Å². The molecule has 2 aromatic carbocycles. The molecule has 1 heterocycles. The van der Waals surface area contributed by atoms with Gasteiger partial charge in [-0.05, 0) is 29.8 Å². The first kappa shape index (κ1) is 22.0. The Morgan fingerprint density at radius 1 is 1.20 bits per heavy atom. The van der Waals surface area contributed by atoms with Crippen LogP contribution in [0.5, 0.6) is 5.75 Å². The van der Waals surface area contributed by atoms with Gasteiger partial charge in [0, 0.05) is 32.0 Å². The second-order valence-corrected chi connectivity index (χ2v) is 9.04. The van der Waals surface area contributed by atoms with Crippen molar-refractivity contribution < 1.29 is 22.8 Å². The number of hydrogen-bond donors (Lipinski definition) is 1. The van der Waals surface area contributed by atoms with E-state index in [9.17, 15) is 18.5 Å². The van der Waals surface area contributed by atoms with Crippen LogP contribution in [0.25, 0.3) is 0 Å². The lowest BCUT2D eigenvalue weighted by Crippen LogP contribution is -2.41. The van der Waals surface area contributed by atoms with Crippen molar-refractivity contribution in [3.8, 4) is 5.75 Å². The van der Waals surface area contributed by atoms with Crippen LogP contribution in [-0.4, -0.2) is 64.5 Å². The topological polar surface area (TPSA) is 111 Å². The maximum absolute atomic E-state index is 11.8. The van der Waals surface area contributed by atoms with E-state index in [0.29, 0.717) is 19.8 Å². The zero-order valence-corrected chi connectivity index (χ0v) is 17.7. The first-order valence-electron chi connectivity index (χ1n) is 9.47. The molecule has 0 spiro atoms. The van der Waals surface area contributed by atoms with Crippen molar-refractivity contribution in [1.82, 2.24) is 4.90 Å². The first-order chi connectivity index (χ1) is 14.3. The molecule has 1 N–H and O–H groups in total. The van der Waals surface area contributed by atoms with Crippen LogP contribution < -0.4 is 10.1 Å². The molecule has 3 rings (SSSR count). The Morgan fingerprint density at radius 2 is 1.87 bits per heavy atom. The molecule has 1 saturated heterocycles. The number of nitro groups is 1. The number of morpholine rings is 1. The molecule has 1 aliphatic rings. The zero-order valence-electron chi connectivity index (χ0n) is 16.9. The highest BCUT2D eigenvalue weighted by atomic mass is 32.2. The van der Waals surface area contributed by atoms with Gasteiger partial charge in [-0.25, -0.2) is 8.42 Å². The van der Waals surface area contributed by atoms with Gasteiger partial charge in [-0.15, -0.1) is 0 Å². The van der Waals surface area contributed by atoms with Gasteiger partial charge in [-0.1, -0.05) is 12.1 Å². The molecule has 30 heavy (non-hydrogen) atoms. The average Bonchev–Trinajstić information content (AvgIpc) is 2.74. The Kier molecular flexibility index (Phi) is 6.91. The Bertz CT molecular complexity index is 988. The molecule has 1 atom stereocenters. The number of anilines is 1. The van der Waals surface area contributed by atoms with Crippen molar-refractivity contribution in [3.63, 3.8) is 0 Å². The van der Waals surface area contributed by atoms with Crippen molar-refractivity contribution in [2.24, 2.45) is 0 Å². The Balaban J connectivity index is 1.86. The zero-order chi connectivity index (χ0) is 21.7. The Hall–Kier alpha value is -2.69. The third-order valence-electron chi connectivity index (χ3n) is 5.07. The fourth-order valence-electron chi connectivity index (χ4n) is 3.42. The van der Waals surface area contributed by atoms with E-state index >= 15 is 0 Å². The molecule has 0 bridgehead atoms. The molecule has 0 amide bonds. The SMILES string of the molecule is COc1ccc(C(CNc2ccc(S(C)(=O)=O)cc2[N+](=O)[O-])N2CCOCC2)cc1. The van der Waals surface area contributed by atoms with E-state index in [-0.39, 0.29) is 22.3 Å². The molecule has 0 aliphatic carbocycles. The van der Waals surface area contributed by atoms with E-state index in [1.54, 1.807) is 7.11 Å². The minimum Gasteiger partial charge on any atom is -0.497 e. The van der Waals surface area contributed by atoms with Crippen molar-refractivity contribution in [1.29, 1.82) is 0 Å². The van der Waals surface area contributed by atoms with Crippen LogP contribution >= 0.6 is 0 Å². The lowest BCUT2D eigenvalue weighted by atomic mass is 10.0. The summed E-state index contributed by atoms with van der Waals surface area (Å²) in [6.07, 6.45) is 1.03. The largest absolute Gasteiger partial charge is 0.497 e. The van der Waals surface area contributed by atoms with Gasteiger partial charge in [-0.3, -0.25) is 15.0 Å². The van der Waals surface area contributed by atoms with E-state index in [0.717, 1.165) is 36.7 Å². The summed E-state index contributed by atoms with van der Waals surface area (Å²) in [5.41, 5.74) is 1.05. The van der Waals surface area contributed by atoms with Crippen LogP contribution in [0.2, 0.25) is 0 Å². The molecule has 1 fully saturated rings. The van der Waals surface area contributed by atoms with E-state index in [4.69, 9.17) is 9.47 Å². The normalized spacial score (nSPS) is 16.1. The number of nitrogens with one attached hydrogen (secondary N) is 1. The standard InChI is InChI=1S/C20H25N3O6S/c1-28-16-5-3-15(4-6-16)20(22-9-11-29-12-10-22)14-21-18-8-7-17(30(2,26)27)13-19(18)23(24)25/h3-8,13,20-21H,9-12,14H2,1-2H3. The molecule has 2 aromatic rings. The lowest BCUT2D eigenvalue weighted by molar-refractivity contribution is -0.384. The minimum absolute atomic E-state index is 0.0472. The summed E-state index contributed by atoms with van der Waals surface area (Å²) in [5, 5.41) is 14.7. The van der Waals surface area contributed by atoms with E-state index in [1.165, 1.54) is 12.1 Å². The molecule has 10 heteroatoms. The monoisotopic (exact) mass is 435 g/mol. The minimum atomic E-state index is -3.54. The highest BCUT2D eigenvalue weighted by Gasteiger charge is 2.25. The molecule has 1 aliphatic heterocycles. The molecule has 9 nitrogen and oxygen atoms in total. The first-order valence-corrected chi connectivity index (χ1v) is 11.4. The molecule has 1 unspecified atom stereocenters. The van der Waals surface area contributed by atoms with E-state index in [2.05, 4.69) is 10.2 Å². The Labute approximate surface area is 175 Å². The highest BCUT2D eigenvalue weighted by Crippen LogP contribution is 2.30. The molecular weight excluding hydrogens is 410 g/mol. The summed E-state index contributed by atoms with van der Waals surface area (Å²) in [5.74, 6) is 0.749. The van der Waals surface area contributed by atoms with Crippen molar-refractivity contribution in [3.05, 3.63) is 58.1 Å². The van der Waals surface area contributed by atoms with E-state index < -0.39 is 14.8 Å². The van der Waals surface area contributed by atoms with Crippen LogP contribution in [0.3, 0.4) is 0 Å². The smallest absolute Gasteiger partial charge is 0.293 e. The number of methoxy groups -OCH3 is 1. The lowest BCUT2D eigenvalue weighted by Gasteiger charge is -2.35. The maximum Gasteiger partial charge on any atom is 0.293 e. The third kappa shape index (κ3) is 5.26. The molecular formula is C20H25N3O6S. The average molecular weight is 436 g/mol. The number of rotatable bonds is 8. The predicted molar refractivity (Wildman–Crippen MR) is 113 cm³/mol. The highest BCUT2D eigenvalue weighted by molar-refractivity contribution is 7.90. The fourth-order valence-corrected chi connectivity index (χ4v) is 4.06. The summed E-state index contributed by atoms with van der Waals surface area (Å²) in [4.78, 5) is 13.1. The molecule has 0 radical (unpaired) electrons. The van der Waals surface area contributed by atoms with Gasteiger partial charge in [-0.2, -0.15) is 0 Å². The van der Waals surface area contributed by atoms with Gasteiger partial charge < -0.3 is 14.8 Å². The Morgan fingerprint density at radius 3 is 2.43 bits per heavy atom.